The molecule has 1 unspecified atom stereocenters. The second kappa shape index (κ2) is 5.70. The maximum Gasteiger partial charge on any atom is 0.223 e. The normalized spacial score (nSPS) is 23.7. The summed E-state index contributed by atoms with van der Waals surface area (Å²) < 4.78 is 13.2. The van der Waals surface area contributed by atoms with Crippen molar-refractivity contribution in [1.82, 2.24) is 5.32 Å². The van der Waals surface area contributed by atoms with Gasteiger partial charge < -0.3 is 10.2 Å². The highest BCUT2D eigenvalue weighted by Gasteiger charge is 2.57. The van der Waals surface area contributed by atoms with Crippen LogP contribution in [-0.4, -0.2) is 18.1 Å². The third kappa shape index (κ3) is 2.36. The lowest BCUT2D eigenvalue weighted by Gasteiger charge is -2.49. The molecule has 1 atom stereocenters. The first kappa shape index (κ1) is 16.8. The molecule has 2 aliphatic heterocycles. The number of nitrogens with zero attached hydrogens (tertiary/aromatic N) is 1. The van der Waals surface area contributed by atoms with Crippen LogP contribution in [0.25, 0.3) is 6.08 Å². The van der Waals surface area contributed by atoms with Crippen LogP contribution >= 0.6 is 0 Å². The Kier molecular flexibility index (Phi) is 3.69. The van der Waals surface area contributed by atoms with Crippen LogP contribution in [-0.2, 0) is 10.2 Å². The molecule has 0 aliphatic carbocycles. The molecule has 1 fully saturated rings. The van der Waals surface area contributed by atoms with Crippen molar-refractivity contribution in [3.63, 3.8) is 0 Å². The van der Waals surface area contributed by atoms with Gasteiger partial charge in [-0.3, -0.25) is 4.79 Å². The summed E-state index contributed by atoms with van der Waals surface area (Å²) in [6.07, 6.45) is 4.51. The lowest BCUT2D eigenvalue weighted by atomic mass is 9.74. The van der Waals surface area contributed by atoms with Gasteiger partial charge in [-0.25, -0.2) is 4.39 Å². The first-order valence-electron chi connectivity index (χ1n) is 8.98. The Labute approximate surface area is 153 Å². The number of hydrogen-bond acceptors (Lipinski definition) is 2. The Morgan fingerprint density at radius 1 is 1.15 bits per heavy atom. The molecule has 2 heterocycles. The van der Waals surface area contributed by atoms with Gasteiger partial charge in [-0.1, -0.05) is 49.8 Å². The highest BCUT2D eigenvalue weighted by molar-refractivity contribution is 5.84. The van der Waals surface area contributed by atoms with Crippen molar-refractivity contribution in [1.29, 1.82) is 0 Å². The Bertz CT molecular complexity index is 901. The zero-order valence-corrected chi connectivity index (χ0v) is 15.3. The number of fused-ring (bicyclic) bond motifs is 3. The zero-order chi connectivity index (χ0) is 18.5. The van der Waals surface area contributed by atoms with Crippen molar-refractivity contribution >= 4 is 17.7 Å². The molecule has 3 nitrogen and oxygen atoms in total. The van der Waals surface area contributed by atoms with Gasteiger partial charge in [-0.2, -0.15) is 0 Å². The summed E-state index contributed by atoms with van der Waals surface area (Å²) >= 11 is 0. The summed E-state index contributed by atoms with van der Waals surface area (Å²) in [6.45, 7) is 7.12. The predicted molar refractivity (Wildman–Crippen MR) is 102 cm³/mol. The van der Waals surface area contributed by atoms with E-state index in [1.165, 1.54) is 28.9 Å². The molecule has 4 rings (SSSR count). The fourth-order valence-corrected chi connectivity index (χ4v) is 4.26. The van der Waals surface area contributed by atoms with Crippen molar-refractivity contribution in [3.05, 3.63) is 71.0 Å². The van der Waals surface area contributed by atoms with Crippen molar-refractivity contribution in [2.45, 2.75) is 38.3 Å². The Morgan fingerprint density at radius 3 is 2.62 bits per heavy atom. The topological polar surface area (TPSA) is 32.3 Å². The van der Waals surface area contributed by atoms with Gasteiger partial charge in [0, 0.05) is 24.1 Å². The van der Waals surface area contributed by atoms with E-state index in [2.05, 4.69) is 55.3 Å². The summed E-state index contributed by atoms with van der Waals surface area (Å²) in [5.74, 6) is -0.195. The van der Waals surface area contributed by atoms with Gasteiger partial charge in [0.05, 0.1) is 0 Å². The third-order valence-electron chi connectivity index (χ3n) is 5.77. The number of hydrogen-bond donors (Lipinski definition) is 1. The monoisotopic (exact) mass is 350 g/mol. The molecular formula is C22H23FN2O. The van der Waals surface area contributed by atoms with E-state index in [-0.39, 0.29) is 17.1 Å². The molecule has 0 spiro atoms. The van der Waals surface area contributed by atoms with Crippen molar-refractivity contribution < 1.29 is 9.18 Å². The molecule has 1 N–H and O–H groups in total. The predicted octanol–water partition coefficient (Wildman–Crippen LogP) is 4.16. The summed E-state index contributed by atoms with van der Waals surface area (Å²) in [7, 11) is 0. The summed E-state index contributed by atoms with van der Waals surface area (Å²) in [5.41, 5.74) is 3.59. The molecule has 0 aromatic heterocycles. The molecule has 2 aromatic carbocycles. The van der Waals surface area contributed by atoms with E-state index in [9.17, 15) is 9.18 Å². The van der Waals surface area contributed by atoms with Crippen LogP contribution in [0.1, 0.15) is 37.0 Å². The molecule has 2 aromatic rings. The van der Waals surface area contributed by atoms with Gasteiger partial charge in [0.2, 0.25) is 5.91 Å². The number of aryl methyl sites for hydroxylation is 1. The molecule has 1 amide bonds. The van der Waals surface area contributed by atoms with Gasteiger partial charge in [-0.05, 0) is 42.3 Å². The third-order valence-corrected chi connectivity index (χ3v) is 5.77. The lowest BCUT2D eigenvalue weighted by Crippen LogP contribution is -2.68. The van der Waals surface area contributed by atoms with Crippen LogP contribution in [0, 0.1) is 12.7 Å². The average Bonchev–Trinajstić information content (AvgIpc) is 2.79. The lowest BCUT2D eigenvalue weighted by molar-refractivity contribution is -0.124. The molecule has 0 radical (unpaired) electrons. The average molecular weight is 350 g/mol. The molecule has 134 valence electrons. The minimum atomic E-state index is -0.632. The van der Waals surface area contributed by atoms with Crippen molar-refractivity contribution in [2.75, 3.05) is 11.4 Å². The molecule has 1 saturated heterocycles. The van der Waals surface area contributed by atoms with E-state index < -0.39 is 5.66 Å². The SMILES string of the molecule is Cc1ccc2c(c1)C(C)(C)C1(/C=C/c3ccc(F)cc3)NC(=O)CCN21. The minimum absolute atomic E-state index is 0.0580. The van der Waals surface area contributed by atoms with Gasteiger partial charge in [0.25, 0.3) is 0 Å². The molecule has 0 bridgehead atoms. The second-order valence-corrected chi connectivity index (χ2v) is 7.75. The Balaban J connectivity index is 1.84. The van der Waals surface area contributed by atoms with Gasteiger partial charge in [-0.15, -0.1) is 0 Å². The van der Waals surface area contributed by atoms with Crippen LogP contribution < -0.4 is 10.2 Å². The van der Waals surface area contributed by atoms with Gasteiger partial charge >= 0.3 is 0 Å². The number of anilines is 1. The Morgan fingerprint density at radius 2 is 1.88 bits per heavy atom. The van der Waals surface area contributed by atoms with Crippen LogP contribution in [0.5, 0.6) is 0 Å². The van der Waals surface area contributed by atoms with E-state index in [0.717, 1.165) is 5.56 Å². The van der Waals surface area contributed by atoms with Crippen LogP contribution in [0.15, 0.2) is 48.5 Å². The largest absolute Gasteiger partial charge is 0.344 e. The molecular weight excluding hydrogens is 327 g/mol. The van der Waals surface area contributed by atoms with Gasteiger partial charge in [0.15, 0.2) is 0 Å². The number of nitrogens with one attached hydrogen (secondary N) is 1. The minimum Gasteiger partial charge on any atom is -0.344 e. The van der Waals surface area contributed by atoms with Crippen LogP contribution in [0.4, 0.5) is 10.1 Å². The Hall–Kier alpha value is -2.62. The van der Waals surface area contributed by atoms with Gasteiger partial charge in [0.1, 0.15) is 11.5 Å². The summed E-state index contributed by atoms with van der Waals surface area (Å²) in [4.78, 5) is 14.6. The van der Waals surface area contributed by atoms with E-state index in [1.54, 1.807) is 12.1 Å². The second-order valence-electron chi connectivity index (χ2n) is 7.75. The molecule has 2 aliphatic rings. The summed E-state index contributed by atoms with van der Waals surface area (Å²) in [6, 6.07) is 12.9. The van der Waals surface area contributed by atoms with Crippen LogP contribution in [0.3, 0.4) is 0 Å². The maximum absolute atomic E-state index is 13.2. The number of amides is 1. The highest BCUT2D eigenvalue weighted by Crippen LogP contribution is 2.52. The number of carbonyl (C=O) groups is 1. The fraction of sp³-hybridized carbons (Fsp3) is 0.318. The van der Waals surface area contributed by atoms with E-state index in [0.29, 0.717) is 13.0 Å². The number of carbonyl (C=O) groups excluding carboxylic acids is 1. The standard InChI is InChI=1S/C22H23FN2O/c1-15-4-9-19-18(14-15)21(2,3)22(24-20(26)11-13-25(19)22)12-10-16-5-7-17(23)8-6-16/h4-10,12,14H,11,13H2,1-3H3,(H,24,26)/b12-10+. The zero-order valence-electron chi connectivity index (χ0n) is 15.3. The number of benzene rings is 2. The molecule has 4 heteroatoms. The van der Waals surface area contributed by atoms with E-state index in [4.69, 9.17) is 0 Å². The molecule has 26 heavy (non-hydrogen) atoms. The fourth-order valence-electron chi connectivity index (χ4n) is 4.26. The first-order chi connectivity index (χ1) is 12.3. The van der Waals surface area contributed by atoms with E-state index >= 15 is 0 Å². The summed E-state index contributed by atoms with van der Waals surface area (Å²) in [5, 5.41) is 3.26. The van der Waals surface area contributed by atoms with Crippen molar-refractivity contribution in [3.8, 4) is 0 Å². The number of rotatable bonds is 2. The smallest absolute Gasteiger partial charge is 0.223 e. The van der Waals surface area contributed by atoms with Crippen LogP contribution in [0.2, 0.25) is 0 Å². The van der Waals surface area contributed by atoms with Crippen molar-refractivity contribution in [2.24, 2.45) is 0 Å². The molecule has 0 saturated carbocycles. The van der Waals surface area contributed by atoms with E-state index in [1.807, 2.05) is 6.08 Å². The first-order valence-corrected chi connectivity index (χ1v) is 8.98. The quantitative estimate of drug-likeness (QED) is 0.882. The maximum atomic E-state index is 13.2. The highest BCUT2D eigenvalue weighted by atomic mass is 19.1. The number of halogens is 1.